The highest BCUT2D eigenvalue weighted by atomic mass is 127. The quantitative estimate of drug-likeness (QED) is 0.705. The molecule has 0 amide bonds. The number of sulfonamides is 1. The minimum Gasteiger partial charge on any atom is -0.478 e. The number of hydrogen-bond donors (Lipinski definition) is 2. The van der Waals surface area contributed by atoms with Crippen molar-refractivity contribution in [1.29, 1.82) is 0 Å². The fourth-order valence-electron chi connectivity index (χ4n) is 1.73. The molecule has 1 aromatic heterocycles. The summed E-state index contributed by atoms with van der Waals surface area (Å²) in [4.78, 5) is 11.9. The average molecular weight is 437 g/mol. The van der Waals surface area contributed by atoms with E-state index in [1.54, 1.807) is 6.92 Å². The van der Waals surface area contributed by atoms with Gasteiger partial charge in [0, 0.05) is 8.45 Å². The highest BCUT2D eigenvalue weighted by molar-refractivity contribution is 14.1. The van der Waals surface area contributed by atoms with Crippen molar-refractivity contribution in [3.05, 3.63) is 49.7 Å². The van der Waals surface area contributed by atoms with Crippen LogP contribution in [0.25, 0.3) is 0 Å². The third-order valence-corrected chi connectivity index (χ3v) is 6.31. The van der Waals surface area contributed by atoms with E-state index >= 15 is 0 Å². The van der Waals surface area contributed by atoms with Crippen LogP contribution in [-0.4, -0.2) is 19.5 Å². The van der Waals surface area contributed by atoms with E-state index < -0.39 is 16.0 Å². The number of thiophene rings is 1. The number of nitrogens with one attached hydrogen (secondary N) is 1. The van der Waals surface area contributed by atoms with Crippen molar-refractivity contribution in [3.8, 4) is 0 Å². The summed E-state index contributed by atoms with van der Waals surface area (Å²) >= 11 is 3.32. The van der Waals surface area contributed by atoms with E-state index in [0.29, 0.717) is 3.57 Å². The van der Waals surface area contributed by atoms with E-state index in [-0.39, 0.29) is 16.5 Å². The molecule has 0 fully saturated rings. The lowest BCUT2D eigenvalue weighted by Gasteiger charge is -2.13. The van der Waals surface area contributed by atoms with Crippen LogP contribution in [0, 0.1) is 3.57 Å². The Bertz CT molecular complexity index is 756. The molecule has 0 saturated heterocycles. The summed E-state index contributed by atoms with van der Waals surface area (Å²) < 4.78 is 27.7. The van der Waals surface area contributed by atoms with Gasteiger partial charge in [-0.05, 0) is 59.2 Å². The zero-order chi connectivity index (χ0) is 15.6. The summed E-state index contributed by atoms with van der Waals surface area (Å²) in [6, 6.07) is 7.37. The number of aromatic carboxylic acids is 1. The van der Waals surface area contributed by atoms with Crippen LogP contribution < -0.4 is 4.72 Å². The second-order valence-electron chi connectivity index (χ2n) is 4.31. The number of carboxylic acids is 1. The summed E-state index contributed by atoms with van der Waals surface area (Å²) in [5, 5.41) is 10.9. The highest BCUT2D eigenvalue weighted by Crippen LogP contribution is 2.22. The molecule has 1 heterocycles. The molecule has 0 aliphatic heterocycles. The standard InChI is InChI=1S/C13H12INO4S2/c1-8(12-3-2-6-20-12)15-21(18,19)9-4-5-11(14)10(7-9)13(16)17/h2-8,15H,1H3,(H,16,17). The summed E-state index contributed by atoms with van der Waals surface area (Å²) in [5.74, 6) is -1.15. The third kappa shape index (κ3) is 3.82. The molecule has 1 atom stereocenters. The van der Waals surface area contributed by atoms with Gasteiger partial charge in [0.15, 0.2) is 0 Å². The predicted molar refractivity (Wildman–Crippen MR) is 89.2 cm³/mol. The Morgan fingerprint density at radius 2 is 2.10 bits per heavy atom. The number of rotatable bonds is 5. The molecule has 2 aromatic rings. The Morgan fingerprint density at radius 3 is 2.67 bits per heavy atom. The molecule has 0 aliphatic carbocycles. The van der Waals surface area contributed by atoms with Gasteiger partial charge in [0.05, 0.1) is 16.5 Å². The van der Waals surface area contributed by atoms with Crippen LogP contribution in [0.3, 0.4) is 0 Å². The van der Waals surface area contributed by atoms with Crippen LogP contribution in [0.1, 0.15) is 28.2 Å². The monoisotopic (exact) mass is 437 g/mol. The van der Waals surface area contributed by atoms with E-state index in [1.807, 2.05) is 40.1 Å². The zero-order valence-electron chi connectivity index (χ0n) is 10.9. The van der Waals surface area contributed by atoms with Gasteiger partial charge in [-0.1, -0.05) is 6.07 Å². The van der Waals surface area contributed by atoms with Crippen molar-refractivity contribution in [2.45, 2.75) is 17.9 Å². The van der Waals surface area contributed by atoms with Gasteiger partial charge >= 0.3 is 5.97 Å². The number of carbonyl (C=O) groups is 1. The molecule has 8 heteroatoms. The molecule has 1 unspecified atom stereocenters. The topological polar surface area (TPSA) is 83.5 Å². The molecule has 2 rings (SSSR count). The molecule has 112 valence electrons. The van der Waals surface area contributed by atoms with Gasteiger partial charge in [-0.3, -0.25) is 0 Å². The van der Waals surface area contributed by atoms with E-state index in [1.165, 1.54) is 29.5 Å². The molecule has 0 spiro atoms. The summed E-state index contributed by atoms with van der Waals surface area (Å²) in [7, 11) is -3.77. The van der Waals surface area contributed by atoms with Crippen molar-refractivity contribution < 1.29 is 18.3 Å². The average Bonchev–Trinajstić information content (AvgIpc) is 2.92. The van der Waals surface area contributed by atoms with Gasteiger partial charge in [-0.2, -0.15) is 0 Å². The predicted octanol–water partition coefficient (Wildman–Crippen LogP) is 3.09. The van der Waals surface area contributed by atoms with Gasteiger partial charge in [0.25, 0.3) is 0 Å². The first-order chi connectivity index (χ1) is 9.81. The van der Waals surface area contributed by atoms with Crippen molar-refractivity contribution in [3.63, 3.8) is 0 Å². The molecule has 2 N–H and O–H groups in total. The van der Waals surface area contributed by atoms with Crippen LogP contribution in [-0.2, 0) is 10.0 Å². The minimum atomic E-state index is -3.77. The second-order valence-corrected chi connectivity index (χ2v) is 8.16. The largest absolute Gasteiger partial charge is 0.478 e. The number of hydrogen-bond acceptors (Lipinski definition) is 4. The highest BCUT2D eigenvalue weighted by Gasteiger charge is 2.21. The molecule has 0 aliphatic rings. The fraction of sp³-hybridized carbons (Fsp3) is 0.154. The van der Waals surface area contributed by atoms with Crippen LogP contribution in [0.2, 0.25) is 0 Å². The fourth-order valence-corrected chi connectivity index (χ4v) is 4.36. The third-order valence-electron chi connectivity index (χ3n) is 2.78. The van der Waals surface area contributed by atoms with Crippen molar-refractivity contribution in [1.82, 2.24) is 4.72 Å². The van der Waals surface area contributed by atoms with Crippen LogP contribution in [0.15, 0.2) is 40.6 Å². The number of carboxylic acid groups (broad SMARTS) is 1. The molecular weight excluding hydrogens is 425 g/mol. The Kier molecular flexibility index (Phi) is 5.02. The molecule has 5 nitrogen and oxygen atoms in total. The van der Waals surface area contributed by atoms with E-state index in [0.717, 1.165) is 4.88 Å². The first-order valence-corrected chi connectivity index (χ1v) is 9.34. The lowest BCUT2D eigenvalue weighted by Crippen LogP contribution is -2.26. The zero-order valence-corrected chi connectivity index (χ0v) is 14.7. The number of benzene rings is 1. The molecule has 0 radical (unpaired) electrons. The number of halogens is 1. The first kappa shape index (κ1) is 16.4. The summed E-state index contributed by atoms with van der Waals surface area (Å²) in [5.41, 5.74) is -0.0257. The molecule has 1 aromatic carbocycles. The van der Waals surface area contributed by atoms with Gasteiger partial charge in [-0.15, -0.1) is 11.3 Å². The lowest BCUT2D eigenvalue weighted by atomic mass is 10.2. The SMILES string of the molecule is CC(NS(=O)(=O)c1ccc(I)c(C(=O)O)c1)c1cccs1. The Balaban J connectivity index is 2.32. The maximum Gasteiger partial charge on any atom is 0.336 e. The molecule has 21 heavy (non-hydrogen) atoms. The summed E-state index contributed by atoms with van der Waals surface area (Å²) in [6.45, 7) is 1.74. The maximum absolute atomic E-state index is 12.3. The van der Waals surface area contributed by atoms with E-state index in [4.69, 9.17) is 5.11 Å². The Hall–Kier alpha value is -0.970. The first-order valence-electron chi connectivity index (χ1n) is 5.90. The normalized spacial score (nSPS) is 13.0. The van der Waals surface area contributed by atoms with Crippen molar-refractivity contribution >= 4 is 49.9 Å². The molecule has 0 bridgehead atoms. The Morgan fingerprint density at radius 1 is 1.38 bits per heavy atom. The van der Waals surface area contributed by atoms with Gasteiger partial charge in [0.1, 0.15) is 0 Å². The van der Waals surface area contributed by atoms with Crippen LogP contribution in [0.5, 0.6) is 0 Å². The van der Waals surface area contributed by atoms with Crippen LogP contribution >= 0.6 is 33.9 Å². The Labute approximate surface area is 140 Å². The smallest absolute Gasteiger partial charge is 0.336 e. The molecular formula is C13H12INO4S2. The summed E-state index contributed by atoms with van der Waals surface area (Å²) in [6.07, 6.45) is 0. The van der Waals surface area contributed by atoms with Gasteiger partial charge in [-0.25, -0.2) is 17.9 Å². The minimum absolute atomic E-state index is 0.0257. The van der Waals surface area contributed by atoms with Crippen LogP contribution in [0.4, 0.5) is 0 Å². The lowest BCUT2D eigenvalue weighted by molar-refractivity contribution is 0.0695. The molecule has 0 saturated carbocycles. The van der Waals surface area contributed by atoms with Crippen molar-refractivity contribution in [2.75, 3.05) is 0 Å². The van der Waals surface area contributed by atoms with Gasteiger partial charge in [0.2, 0.25) is 10.0 Å². The maximum atomic E-state index is 12.3. The second kappa shape index (κ2) is 6.42. The van der Waals surface area contributed by atoms with Gasteiger partial charge < -0.3 is 5.11 Å². The van der Waals surface area contributed by atoms with E-state index in [2.05, 4.69) is 4.72 Å². The van der Waals surface area contributed by atoms with Crippen molar-refractivity contribution in [2.24, 2.45) is 0 Å². The van der Waals surface area contributed by atoms with E-state index in [9.17, 15) is 13.2 Å².